The topological polar surface area (TPSA) is 139 Å². The van der Waals surface area contributed by atoms with Crippen LogP contribution >= 0.6 is 0 Å². The van der Waals surface area contributed by atoms with Crippen molar-refractivity contribution >= 4 is 33.2 Å². The molecule has 0 aromatic heterocycles. The van der Waals surface area contributed by atoms with E-state index in [1.807, 2.05) is 6.92 Å². The van der Waals surface area contributed by atoms with E-state index in [0.29, 0.717) is 24.3 Å². The number of benzene rings is 3. The highest BCUT2D eigenvalue weighted by molar-refractivity contribution is 7.92. The minimum absolute atomic E-state index is 0.00902. The molecular weight excluding hydrogens is 536 g/mol. The molecule has 0 heterocycles. The lowest BCUT2D eigenvalue weighted by Gasteiger charge is -2.32. The Morgan fingerprint density at radius 2 is 1.73 bits per heavy atom. The van der Waals surface area contributed by atoms with Gasteiger partial charge in [-0.15, -0.1) is 0 Å². The van der Waals surface area contributed by atoms with E-state index in [1.165, 1.54) is 54.5 Å². The number of carbonyl (C=O) groups excluding carboxylic acids is 2. The number of rotatable bonds is 13. The van der Waals surface area contributed by atoms with Gasteiger partial charge in [-0.3, -0.25) is 24.0 Å². The molecule has 1 N–H and O–H groups in total. The van der Waals surface area contributed by atoms with Crippen molar-refractivity contribution in [1.82, 2.24) is 10.2 Å². The van der Waals surface area contributed by atoms with Crippen molar-refractivity contribution in [1.29, 1.82) is 0 Å². The van der Waals surface area contributed by atoms with Gasteiger partial charge < -0.3 is 15.0 Å². The smallest absolute Gasteiger partial charge is 0.271 e. The van der Waals surface area contributed by atoms with Gasteiger partial charge in [-0.05, 0) is 49.2 Å². The standard InChI is InChI=1S/C28H32N4O7S/c1-4-16-29-28(34)21(2)30(19-22-10-8-13-25(17-22)39-3)27(33)20-31(23-11-9-12-24(18-23)32(35)36)40(37,38)26-14-6-5-7-15-26/h5-15,17-18,21H,4,16,19-20H2,1-3H3,(H,29,34)/t21-/m1/s1. The van der Waals surface area contributed by atoms with Crippen LogP contribution in [0.25, 0.3) is 0 Å². The first-order valence-electron chi connectivity index (χ1n) is 12.6. The van der Waals surface area contributed by atoms with Crippen molar-refractivity contribution in [2.75, 3.05) is 24.5 Å². The molecule has 3 aromatic rings. The summed E-state index contributed by atoms with van der Waals surface area (Å²) in [5.41, 5.74) is 0.269. The summed E-state index contributed by atoms with van der Waals surface area (Å²) in [5, 5.41) is 14.2. The van der Waals surface area contributed by atoms with Gasteiger partial charge in [-0.2, -0.15) is 0 Å². The summed E-state index contributed by atoms with van der Waals surface area (Å²) in [6.07, 6.45) is 0.693. The van der Waals surface area contributed by atoms with E-state index < -0.39 is 39.3 Å². The minimum atomic E-state index is -4.33. The fourth-order valence-corrected chi connectivity index (χ4v) is 5.38. The lowest BCUT2D eigenvalue weighted by molar-refractivity contribution is -0.384. The highest BCUT2D eigenvalue weighted by Gasteiger charge is 2.33. The quantitative estimate of drug-likeness (QED) is 0.245. The van der Waals surface area contributed by atoms with Gasteiger partial charge in [-0.1, -0.05) is 43.3 Å². The molecular formula is C28H32N4O7S. The lowest BCUT2D eigenvalue weighted by atomic mass is 10.1. The molecule has 0 saturated heterocycles. The number of anilines is 1. The van der Waals surface area contributed by atoms with E-state index >= 15 is 0 Å². The number of hydrogen-bond donors (Lipinski definition) is 1. The molecule has 0 unspecified atom stereocenters. The summed E-state index contributed by atoms with van der Waals surface area (Å²) in [4.78, 5) is 38.8. The average Bonchev–Trinajstić information content (AvgIpc) is 2.97. The first-order chi connectivity index (χ1) is 19.1. The molecule has 0 bridgehead atoms. The second kappa shape index (κ2) is 13.6. The number of nitro benzene ring substituents is 1. The molecule has 40 heavy (non-hydrogen) atoms. The van der Waals surface area contributed by atoms with Gasteiger partial charge in [0.2, 0.25) is 11.8 Å². The van der Waals surface area contributed by atoms with Crippen LogP contribution in [0.2, 0.25) is 0 Å². The number of sulfonamides is 1. The molecule has 3 rings (SSSR count). The summed E-state index contributed by atoms with van der Waals surface area (Å²) in [6, 6.07) is 18.5. The van der Waals surface area contributed by atoms with Crippen LogP contribution in [0, 0.1) is 10.1 Å². The van der Waals surface area contributed by atoms with Crippen molar-refractivity contribution in [2.24, 2.45) is 0 Å². The van der Waals surface area contributed by atoms with Crippen molar-refractivity contribution in [3.63, 3.8) is 0 Å². The van der Waals surface area contributed by atoms with Crippen LogP contribution in [-0.4, -0.2) is 56.3 Å². The average molecular weight is 569 g/mol. The third-order valence-corrected chi connectivity index (χ3v) is 7.93. The van der Waals surface area contributed by atoms with E-state index in [0.717, 1.165) is 10.4 Å². The molecule has 212 valence electrons. The van der Waals surface area contributed by atoms with Crippen LogP contribution in [0.4, 0.5) is 11.4 Å². The number of amides is 2. The number of ether oxygens (including phenoxy) is 1. The Morgan fingerprint density at radius 3 is 2.38 bits per heavy atom. The largest absolute Gasteiger partial charge is 0.497 e. The maximum atomic E-state index is 13.9. The Kier molecular flexibility index (Phi) is 10.2. The zero-order chi connectivity index (χ0) is 29.3. The second-order valence-electron chi connectivity index (χ2n) is 8.94. The number of nitrogens with zero attached hydrogens (tertiary/aromatic N) is 3. The SMILES string of the molecule is CCCNC(=O)[C@@H](C)N(Cc1cccc(OC)c1)C(=O)CN(c1cccc([N+](=O)[O-])c1)S(=O)(=O)c1ccccc1. The van der Waals surface area contributed by atoms with E-state index in [9.17, 15) is 28.1 Å². The van der Waals surface area contributed by atoms with Crippen LogP contribution < -0.4 is 14.4 Å². The van der Waals surface area contributed by atoms with Gasteiger partial charge in [0.25, 0.3) is 15.7 Å². The number of methoxy groups -OCH3 is 1. The van der Waals surface area contributed by atoms with Crippen LogP contribution in [0.1, 0.15) is 25.8 Å². The minimum Gasteiger partial charge on any atom is -0.497 e. The van der Waals surface area contributed by atoms with Crippen molar-refractivity contribution < 1.29 is 27.7 Å². The summed E-state index contributed by atoms with van der Waals surface area (Å²) in [6.45, 7) is 3.16. The zero-order valence-electron chi connectivity index (χ0n) is 22.5. The summed E-state index contributed by atoms with van der Waals surface area (Å²) >= 11 is 0. The van der Waals surface area contributed by atoms with Crippen molar-refractivity contribution in [3.05, 3.63) is 94.5 Å². The first kappa shape index (κ1) is 30.1. The summed E-state index contributed by atoms with van der Waals surface area (Å²) in [7, 11) is -2.82. The van der Waals surface area contributed by atoms with Crippen molar-refractivity contribution in [2.45, 2.75) is 37.8 Å². The number of nitrogens with one attached hydrogen (secondary N) is 1. The molecule has 0 aliphatic carbocycles. The first-order valence-corrected chi connectivity index (χ1v) is 14.0. The Morgan fingerprint density at radius 1 is 1.02 bits per heavy atom. The fourth-order valence-electron chi connectivity index (χ4n) is 3.96. The molecule has 0 radical (unpaired) electrons. The normalized spacial score (nSPS) is 11.8. The van der Waals surface area contributed by atoms with Gasteiger partial charge in [-0.25, -0.2) is 8.42 Å². The van der Waals surface area contributed by atoms with Gasteiger partial charge in [0.15, 0.2) is 0 Å². The van der Waals surface area contributed by atoms with Crippen LogP contribution in [0.5, 0.6) is 5.75 Å². The molecule has 11 nitrogen and oxygen atoms in total. The molecule has 3 aromatic carbocycles. The van der Waals surface area contributed by atoms with Crippen LogP contribution in [0.15, 0.2) is 83.8 Å². The maximum Gasteiger partial charge on any atom is 0.271 e. The Hall–Kier alpha value is -4.45. The van der Waals surface area contributed by atoms with E-state index in [-0.39, 0.29) is 22.8 Å². The molecule has 0 fully saturated rings. The number of nitro groups is 1. The molecule has 2 amide bonds. The highest BCUT2D eigenvalue weighted by Crippen LogP contribution is 2.27. The van der Waals surface area contributed by atoms with Crippen LogP contribution in [0.3, 0.4) is 0 Å². The summed E-state index contributed by atoms with van der Waals surface area (Å²) in [5.74, 6) is -0.517. The predicted octanol–water partition coefficient (Wildman–Crippen LogP) is 3.74. The van der Waals surface area contributed by atoms with Gasteiger partial charge in [0, 0.05) is 25.2 Å². The van der Waals surface area contributed by atoms with Crippen LogP contribution in [-0.2, 0) is 26.2 Å². The van der Waals surface area contributed by atoms with E-state index in [2.05, 4.69) is 5.32 Å². The molecule has 0 saturated carbocycles. The Labute approximate surface area is 233 Å². The van der Waals surface area contributed by atoms with Gasteiger partial charge in [0.05, 0.1) is 22.6 Å². The predicted molar refractivity (Wildman–Crippen MR) is 150 cm³/mol. The van der Waals surface area contributed by atoms with E-state index in [1.54, 1.807) is 37.3 Å². The highest BCUT2D eigenvalue weighted by atomic mass is 32.2. The van der Waals surface area contributed by atoms with Crippen molar-refractivity contribution in [3.8, 4) is 5.75 Å². The third-order valence-electron chi connectivity index (χ3n) is 6.14. The summed E-state index contributed by atoms with van der Waals surface area (Å²) < 4.78 is 33.6. The Bertz CT molecular complexity index is 1450. The third kappa shape index (κ3) is 7.35. The number of non-ortho nitro benzene ring substituents is 1. The number of carbonyl (C=O) groups is 2. The monoisotopic (exact) mass is 568 g/mol. The second-order valence-corrected chi connectivity index (χ2v) is 10.8. The van der Waals surface area contributed by atoms with Gasteiger partial charge in [0.1, 0.15) is 18.3 Å². The molecule has 12 heteroatoms. The number of hydrogen-bond acceptors (Lipinski definition) is 7. The van der Waals surface area contributed by atoms with Gasteiger partial charge >= 0.3 is 0 Å². The Balaban J connectivity index is 2.06. The fraction of sp³-hybridized carbons (Fsp3) is 0.286. The molecule has 0 aliphatic rings. The zero-order valence-corrected chi connectivity index (χ0v) is 23.3. The lowest BCUT2D eigenvalue weighted by Crippen LogP contribution is -2.51. The molecule has 0 spiro atoms. The maximum absolute atomic E-state index is 13.9. The van der Waals surface area contributed by atoms with E-state index in [4.69, 9.17) is 4.74 Å². The molecule has 1 atom stereocenters. The molecule has 0 aliphatic heterocycles.